The number of ether oxygens (including phenoxy) is 1. The van der Waals surface area contributed by atoms with Crippen LogP contribution < -0.4 is 11.1 Å². The number of amides is 1. The molecule has 0 radical (unpaired) electrons. The number of nitrogens with one attached hydrogen (secondary N) is 1. The second-order valence-electron chi connectivity index (χ2n) is 17.5. The van der Waals surface area contributed by atoms with Crippen LogP contribution in [-0.4, -0.2) is 31.1 Å². The second kappa shape index (κ2) is 10.6. The van der Waals surface area contributed by atoms with Crippen molar-refractivity contribution < 1.29 is 14.3 Å². The Balaban J connectivity index is 1.51. The molecule has 3 N–H and O–H groups in total. The Morgan fingerprint density at radius 3 is 2.21 bits per heavy atom. The molecule has 1 amide bonds. The number of esters is 1. The minimum absolute atomic E-state index is 0.0975. The van der Waals surface area contributed by atoms with Gasteiger partial charge in [0.15, 0.2) is 0 Å². The Labute approximate surface area is 256 Å². The highest BCUT2D eigenvalue weighted by Gasteiger charge is 2.71. The van der Waals surface area contributed by atoms with Crippen molar-refractivity contribution in [2.75, 3.05) is 7.11 Å². The van der Waals surface area contributed by atoms with E-state index in [1.165, 1.54) is 44.8 Å². The van der Waals surface area contributed by atoms with Crippen molar-refractivity contribution in [1.29, 1.82) is 0 Å². The minimum Gasteiger partial charge on any atom is -0.467 e. The highest BCUT2D eigenvalue weighted by molar-refractivity contribution is 5.88. The summed E-state index contributed by atoms with van der Waals surface area (Å²) in [5.74, 6) is 2.56. The van der Waals surface area contributed by atoms with Crippen molar-refractivity contribution in [2.45, 2.75) is 138 Å². The molecule has 0 spiro atoms. The quantitative estimate of drug-likeness (QED) is 0.249. The van der Waals surface area contributed by atoms with E-state index in [0.29, 0.717) is 41.5 Å². The van der Waals surface area contributed by atoms with E-state index in [1.54, 1.807) is 0 Å². The molecular weight excluding hydrogens is 520 g/mol. The fourth-order valence-electron chi connectivity index (χ4n) is 12.7. The third kappa shape index (κ3) is 4.39. The molecule has 0 aromatic heterocycles. The van der Waals surface area contributed by atoms with E-state index in [0.717, 1.165) is 32.1 Å². The molecule has 238 valence electrons. The zero-order valence-corrected chi connectivity index (χ0v) is 28.4. The van der Waals surface area contributed by atoms with Crippen molar-refractivity contribution in [3.63, 3.8) is 0 Å². The van der Waals surface area contributed by atoms with Crippen LogP contribution in [0.2, 0.25) is 0 Å². The molecule has 0 aromatic rings. The van der Waals surface area contributed by atoms with Crippen LogP contribution in [0, 0.1) is 62.6 Å². The highest BCUT2D eigenvalue weighted by atomic mass is 16.5. The lowest BCUT2D eigenvalue weighted by atomic mass is 9.32. The molecule has 42 heavy (non-hydrogen) atoms. The Hall–Kier alpha value is -1.36. The fraction of sp³-hybridized carbons (Fsp3) is 0.892. The summed E-state index contributed by atoms with van der Waals surface area (Å²) in [6, 6.07) is -0.292. The second-order valence-corrected chi connectivity index (χ2v) is 17.5. The Morgan fingerprint density at radius 2 is 1.60 bits per heavy atom. The van der Waals surface area contributed by atoms with Crippen molar-refractivity contribution >= 4 is 11.9 Å². The summed E-state index contributed by atoms with van der Waals surface area (Å²) < 4.78 is 5.14. The van der Waals surface area contributed by atoms with Gasteiger partial charge in [0.2, 0.25) is 5.91 Å². The zero-order valence-electron chi connectivity index (χ0n) is 28.4. The molecule has 0 saturated heterocycles. The van der Waals surface area contributed by atoms with E-state index in [1.807, 2.05) is 0 Å². The van der Waals surface area contributed by atoms with Gasteiger partial charge in [-0.05, 0) is 135 Å². The molecule has 5 rings (SSSR count). The molecule has 0 bridgehead atoms. The van der Waals surface area contributed by atoms with Crippen LogP contribution in [-0.2, 0) is 14.3 Å². The number of hydrogen-bond acceptors (Lipinski definition) is 4. The van der Waals surface area contributed by atoms with Gasteiger partial charge in [-0.1, -0.05) is 60.6 Å². The first-order chi connectivity index (χ1) is 19.5. The lowest BCUT2D eigenvalue weighted by Crippen LogP contribution is -2.68. The summed E-state index contributed by atoms with van der Waals surface area (Å²) in [6.07, 6.45) is 11.9. The third-order valence-electron chi connectivity index (χ3n) is 15.1. The number of fused-ring (bicyclic) bond motifs is 7. The van der Waals surface area contributed by atoms with Crippen LogP contribution in [0.5, 0.6) is 0 Å². The van der Waals surface area contributed by atoms with E-state index < -0.39 is 11.5 Å². The average molecular weight is 583 g/mol. The van der Waals surface area contributed by atoms with Gasteiger partial charge >= 0.3 is 5.97 Å². The van der Waals surface area contributed by atoms with Crippen LogP contribution in [0.4, 0.5) is 0 Å². The summed E-state index contributed by atoms with van der Waals surface area (Å²) in [5.41, 5.74) is 8.49. The lowest BCUT2D eigenvalue weighted by molar-refractivity contribution is -0.237. The molecule has 5 saturated carbocycles. The van der Waals surface area contributed by atoms with Crippen molar-refractivity contribution in [2.24, 2.45) is 68.3 Å². The smallest absolute Gasteiger partial charge is 0.328 e. The number of nitrogens with two attached hydrogens (primary N) is 1. The van der Waals surface area contributed by atoms with E-state index in [4.69, 9.17) is 10.5 Å². The molecule has 5 heteroatoms. The van der Waals surface area contributed by atoms with E-state index in [2.05, 4.69) is 67.3 Å². The van der Waals surface area contributed by atoms with Crippen molar-refractivity contribution in [3.05, 3.63) is 12.2 Å². The first kappa shape index (κ1) is 32.0. The van der Waals surface area contributed by atoms with Crippen molar-refractivity contribution in [3.8, 4) is 0 Å². The largest absolute Gasteiger partial charge is 0.467 e. The molecule has 0 heterocycles. The standard InChI is InChI=1S/C37H62N2O3/c1-22(2)21-26(31(40)42-10)39-32(41)37-18-13-24(23(3)4)30(37)25-11-12-28-34(7)16-15-29(38)33(5,6)27(34)14-17-36(28,9)35(25,8)19-20-37/h22,24-30H,3,11-21,38H2,1-2,4-10H3,(H,39,41)/t24-,25+,26-,27-,28+,29-,30+,34-,35+,36+,37-/m0/s1. The zero-order chi connectivity index (χ0) is 31.0. The average Bonchev–Trinajstić information content (AvgIpc) is 3.32. The summed E-state index contributed by atoms with van der Waals surface area (Å²) in [4.78, 5) is 27.3. The van der Waals surface area contributed by atoms with Gasteiger partial charge in [0.05, 0.1) is 12.5 Å². The normalized spacial score (nSPS) is 46.5. The molecule has 0 aromatic carbocycles. The van der Waals surface area contributed by atoms with E-state index in [9.17, 15) is 9.59 Å². The van der Waals surface area contributed by atoms with Gasteiger partial charge < -0.3 is 15.8 Å². The van der Waals surface area contributed by atoms with Gasteiger partial charge in [-0.15, -0.1) is 0 Å². The van der Waals surface area contributed by atoms with Gasteiger partial charge in [0, 0.05) is 6.04 Å². The molecule has 5 aliphatic rings. The van der Waals surface area contributed by atoms with Gasteiger partial charge in [0.25, 0.3) is 0 Å². The Bertz CT molecular complexity index is 1100. The molecule has 0 unspecified atom stereocenters. The molecular formula is C37H62N2O3. The predicted molar refractivity (Wildman–Crippen MR) is 170 cm³/mol. The van der Waals surface area contributed by atoms with Crippen LogP contribution >= 0.6 is 0 Å². The molecule has 5 nitrogen and oxygen atoms in total. The molecule has 5 aliphatic carbocycles. The topological polar surface area (TPSA) is 81.4 Å². The number of rotatable bonds is 6. The predicted octanol–water partition coefficient (Wildman–Crippen LogP) is 7.68. The van der Waals surface area contributed by atoms with Crippen LogP contribution in [0.25, 0.3) is 0 Å². The molecule has 11 atom stereocenters. The van der Waals surface area contributed by atoms with Gasteiger partial charge in [-0.25, -0.2) is 4.79 Å². The maximum atomic E-state index is 14.5. The fourth-order valence-corrected chi connectivity index (χ4v) is 12.7. The summed E-state index contributed by atoms with van der Waals surface area (Å²) >= 11 is 0. The van der Waals surface area contributed by atoms with Gasteiger partial charge in [-0.2, -0.15) is 0 Å². The van der Waals surface area contributed by atoms with E-state index in [-0.39, 0.29) is 40.0 Å². The highest BCUT2D eigenvalue weighted by Crippen LogP contribution is 2.77. The summed E-state index contributed by atoms with van der Waals surface area (Å²) in [7, 11) is 1.43. The van der Waals surface area contributed by atoms with Gasteiger partial charge in [-0.3, -0.25) is 4.79 Å². The maximum absolute atomic E-state index is 14.5. The number of hydrogen-bond donors (Lipinski definition) is 2. The Kier molecular flexibility index (Phi) is 8.11. The molecule has 0 aliphatic heterocycles. The van der Waals surface area contributed by atoms with Gasteiger partial charge in [0.1, 0.15) is 6.04 Å². The van der Waals surface area contributed by atoms with Crippen molar-refractivity contribution in [1.82, 2.24) is 5.32 Å². The first-order valence-electron chi connectivity index (χ1n) is 17.3. The summed E-state index contributed by atoms with van der Waals surface area (Å²) in [6.45, 7) is 23.7. The number of carbonyl (C=O) groups excluding carboxylic acids is 2. The number of carbonyl (C=O) groups is 2. The number of methoxy groups -OCH3 is 1. The number of allylic oxidation sites excluding steroid dienone is 1. The maximum Gasteiger partial charge on any atom is 0.328 e. The first-order valence-corrected chi connectivity index (χ1v) is 17.3. The SMILES string of the molecule is C=C(C)[C@@H]1CC[C@]2(C(=O)N[C@@H](CC(C)C)C(=O)OC)CC[C@]3(C)[C@H](CC[C@@H]4[C@@]5(C)CC[C@H](N)C(C)(C)[C@@H]5CC[C@]43C)[C@@H]12. The third-order valence-corrected chi connectivity index (χ3v) is 15.1. The van der Waals surface area contributed by atoms with Crippen LogP contribution in [0.15, 0.2) is 12.2 Å². The van der Waals surface area contributed by atoms with E-state index >= 15 is 0 Å². The molecule has 5 fully saturated rings. The van der Waals surface area contributed by atoms with Crippen LogP contribution in [0.1, 0.15) is 126 Å². The monoisotopic (exact) mass is 582 g/mol. The lowest BCUT2D eigenvalue weighted by Gasteiger charge is -2.73. The minimum atomic E-state index is -0.584. The summed E-state index contributed by atoms with van der Waals surface area (Å²) in [5, 5.41) is 3.27. The van der Waals surface area contributed by atoms with Crippen LogP contribution in [0.3, 0.4) is 0 Å². The Morgan fingerprint density at radius 1 is 0.905 bits per heavy atom.